The molecule has 1 atom stereocenters. The number of piperazine rings is 1. The number of rotatable bonds is 7. The SMILES string of the molecule is C\C=C/C=C\C(=C/CC)C1=CC(CN2CCN(c3cccc4c3CCCCCC4)CC2)=CC=CC1(C)S. The van der Waals surface area contributed by atoms with Crippen molar-refractivity contribution in [3.8, 4) is 0 Å². The molecule has 0 spiro atoms. The molecule has 0 aromatic heterocycles. The lowest BCUT2D eigenvalue weighted by atomic mass is 9.90. The maximum absolute atomic E-state index is 5.07. The molecule has 0 amide bonds. The van der Waals surface area contributed by atoms with Crippen LogP contribution in [0.2, 0.25) is 0 Å². The predicted molar refractivity (Wildman–Crippen MR) is 166 cm³/mol. The molecule has 0 N–H and O–H groups in total. The van der Waals surface area contributed by atoms with Gasteiger partial charge in [-0.15, -0.1) is 0 Å². The van der Waals surface area contributed by atoms with E-state index in [0.717, 1.165) is 39.1 Å². The summed E-state index contributed by atoms with van der Waals surface area (Å²) in [7, 11) is 0. The van der Waals surface area contributed by atoms with Crippen molar-refractivity contribution >= 4 is 18.3 Å². The Morgan fingerprint density at radius 3 is 2.57 bits per heavy atom. The molecule has 1 unspecified atom stereocenters. The summed E-state index contributed by atoms with van der Waals surface area (Å²) < 4.78 is -0.303. The average Bonchev–Trinajstić information content (AvgIpc) is 3.01. The van der Waals surface area contributed by atoms with Crippen LogP contribution in [0.15, 0.2) is 89.6 Å². The van der Waals surface area contributed by atoms with Gasteiger partial charge >= 0.3 is 0 Å². The maximum atomic E-state index is 5.07. The third-order valence-corrected chi connectivity index (χ3v) is 8.30. The number of hydrogen-bond donors (Lipinski definition) is 1. The zero-order chi connectivity index (χ0) is 26.1. The molecular formula is C34H46N2S. The number of anilines is 1. The summed E-state index contributed by atoms with van der Waals surface area (Å²) >= 11 is 5.07. The fourth-order valence-electron chi connectivity index (χ4n) is 5.88. The van der Waals surface area contributed by atoms with Crippen LogP contribution in [-0.4, -0.2) is 42.4 Å². The van der Waals surface area contributed by atoms with Crippen LogP contribution in [0, 0.1) is 0 Å². The number of aryl methyl sites for hydroxylation is 1. The van der Waals surface area contributed by atoms with E-state index in [2.05, 4.69) is 103 Å². The number of benzene rings is 1. The van der Waals surface area contributed by atoms with Crippen LogP contribution in [0.25, 0.3) is 0 Å². The molecule has 1 saturated heterocycles. The Labute approximate surface area is 231 Å². The van der Waals surface area contributed by atoms with Gasteiger partial charge in [-0.05, 0) is 79.9 Å². The molecular weight excluding hydrogens is 468 g/mol. The van der Waals surface area contributed by atoms with Gasteiger partial charge in [0.25, 0.3) is 0 Å². The van der Waals surface area contributed by atoms with E-state index in [1.54, 1.807) is 11.1 Å². The fourth-order valence-corrected chi connectivity index (χ4v) is 6.16. The van der Waals surface area contributed by atoms with Gasteiger partial charge in [0.2, 0.25) is 0 Å². The van der Waals surface area contributed by atoms with Gasteiger partial charge in [0.15, 0.2) is 0 Å². The summed E-state index contributed by atoms with van der Waals surface area (Å²) in [6.45, 7) is 11.9. The van der Waals surface area contributed by atoms with Crippen LogP contribution >= 0.6 is 12.6 Å². The van der Waals surface area contributed by atoms with Crippen molar-refractivity contribution in [3.63, 3.8) is 0 Å². The van der Waals surface area contributed by atoms with Gasteiger partial charge in [-0.3, -0.25) is 4.90 Å². The summed E-state index contributed by atoms with van der Waals surface area (Å²) in [5, 5.41) is 0. The Morgan fingerprint density at radius 1 is 1.03 bits per heavy atom. The molecule has 3 aliphatic rings. The Balaban J connectivity index is 1.46. The molecule has 2 nitrogen and oxygen atoms in total. The fraction of sp³-hybridized carbons (Fsp3) is 0.471. The summed E-state index contributed by atoms with van der Waals surface area (Å²) in [5.41, 5.74) is 8.65. The largest absolute Gasteiger partial charge is 0.369 e. The second kappa shape index (κ2) is 13.5. The van der Waals surface area contributed by atoms with Gasteiger partial charge in [-0.2, -0.15) is 12.6 Å². The van der Waals surface area contributed by atoms with E-state index in [1.807, 2.05) is 0 Å². The highest BCUT2D eigenvalue weighted by Crippen LogP contribution is 2.35. The lowest BCUT2D eigenvalue weighted by Crippen LogP contribution is -2.47. The Bertz CT molecular complexity index is 1090. The van der Waals surface area contributed by atoms with Crippen molar-refractivity contribution in [2.24, 2.45) is 0 Å². The van der Waals surface area contributed by atoms with Crippen molar-refractivity contribution in [2.75, 3.05) is 37.6 Å². The zero-order valence-corrected chi connectivity index (χ0v) is 24.1. The van der Waals surface area contributed by atoms with Crippen molar-refractivity contribution < 1.29 is 0 Å². The molecule has 3 heteroatoms. The van der Waals surface area contributed by atoms with Gasteiger partial charge < -0.3 is 4.90 Å². The second-order valence-electron chi connectivity index (χ2n) is 10.9. The van der Waals surface area contributed by atoms with Crippen LogP contribution in [0.5, 0.6) is 0 Å². The van der Waals surface area contributed by atoms with Crippen LogP contribution in [-0.2, 0) is 12.8 Å². The molecule has 198 valence electrons. The molecule has 1 aromatic carbocycles. The first-order valence-electron chi connectivity index (χ1n) is 14.4. The van der Waals surface area contributed by atoms with Gasteiger partial charge in [0.05, 0.1) is 4.75 Å². The van der Waals surface area contributed by atoms with Crippen molar-refractivity contribution in [2.45, 2.75) is 70.5 Å². The minimum Gasteiger partial charge on any atom is -0.369 e. The van der Waals surface area contributed by atoms with E-state index >= 15 is 0 Å². The topological polar surface area (TPSA) is 6.48 Å². The Kier molecular flexibility index (Phi) is 10.2. The minimum absolute atomic E-state index is 0.303. The number of hydrogen-bond acceptors (Lipinski definition) is 3. The normalized spacial score (nSPS) is 24.0. The average molecular weight is 515 g/mol. The molecule has 0 saturated carbocycles. The molecule has 0 radical (unpaired) electrons. The standard InChI is InChI=1S/C34H46N2S/c1-4-6-9-17-30(14-5-2)32-26-28(15-13-21-34(32,3)37)27-35-22-24-36(25-23-35)33-20-12-18-29-16-10-7-8-11-19-31(29)33/h4,6,9,12-15,17-18,20-21,26,37H,5,7-8,10-11,16,19,22-25,27H2,1-3H3/b6-4-,17-9-,30-14+. The highest BCUT2D eigenvalue weighted by atomic mass is 32.1. The first-order chi connectivity index (χ1) is 18.0. The predicted octanol–water partition coefficient (Wildman–Crippen LogP) is 8.05. The summed E-state index contributed by atoms with van der Waals surface area (Å²) in [4.78, 5) is 5.27. The first kappa shape index (κ1) is 27.8. The molecule has 1 heterocycles. The first-order valence-corrected chi connectivity index (χ1v) is 14.9. The number of fused-ring (bicyclic) bond motifs is 1. The van der Waals surface area contributed by atoms with Crippen LogP contribution in [0.1, 0.15) is 64.0 Å². The number of nitrogens with zero attached hydrogens (tertiary/aromatic N) is 2. The van der Waals surface area contributed by atoms with Crippen molar-refractivity contribution in [1.29, 1.82) is 0 Å². The molecule has 2 aliphatic carbocycles. The molecule has 1 aliphatic heterocycles. The number of allylic oxidation sites excluding steroid dienone is 8. The maximum Gasteiger partial charge on any atom is 0.0538 e. The molecule has 1 aromatic rings. The molecule has 1 fully saturated rings. The van der Waals surface area contributed by atoms with Gasteiger partial charge in [0, 0.05) is 38.4 Å². The Morgan fingerprint density at radius 2 is 1.81 bits per heavy atom. The van der Waals surface area contributed by atoms with Crippen molar-refractivity contribution in [1.82, 2.24) is 4.90 Å². The van der Waals surface area contributed by atoms with Crippen molar-refractivity contribution in [3.05, 3.63) is 101 Å². The minimum atomic E-state index is -0.303. The van der Waals surface area contributed by atoms with Gasteiger partial charge in [0.1, 0.15) is 0 Å². The lowest BCUT2D eigenvalue weighted by molar-refractivity contribution is 0.280. The summed E-state index contributed by atoms with van der Waals surface area (Å²) in [6.07, 6.45) is 28.9. The van der Waals surface area contributed by atoms with Gasteiger partial charge in [-0.25, -0.2) is 0 Å². The lowest BCUT2D eigenvalue weighted by Gasteiger charge is -2.38. The van der Waals surface area contributed by atoms with E-state index < -0.39 is 0 Å². The molecule has 4 rings (SSSR count). The van der Waals surface area contributed by atoms with Gasteiger partial charge in [-0.1, -0.05) is 86.6 Å². The van der Waals surface area contributed by atoms with E-state index in [0.29, 0.717) is 0 Å². The van der Waals surface area contributed by atoms with E-state index in [4.69, 9.17) is 12.6 Å². The third kappa shape index (κ3) is 7.42. The molecule has 0 bridgehead atoms. The van der Waals surface area contributed by atoms with E-state index in [1.165, 1.54) is 60.9 Å². The third-order valence-electron chi connectivity index (χ3n) is 7.91. The smallest absolute Gasteiger partial charge is 0.0538 e. The van der Waals surface area contributed by atoms with Crippen LogP contribution < -0.4 is 4.90 Å². The molecule has 37 heavy (non-hydrogen) atoms. The Hall–Kier alpha value is -2.23. The monoisotopic (exact) mass is 514 g/mol. The summed E-state index contributed by atoms with van der Waals surface area (Å²) in [5.74, 6) is 0. The van der Waals surface area contributed by atoms with Crippen LogP contribution in [0.4, 0.5) is 5.69 Å². The highest BCUT2D eigenvalue weighted by Gasteiger charge is 2.26. The summed E-state index contributed by atoms with van der Waals surface area (Å²) in [6, 6.07) is 7.04. The quantitative estimate of drug-likeness (QED) is 0.290. The second-order valence-corrected chi connectivity index (χ2v) is 11.8. The van der Waals surface area contributed by atoms with E-state index in [-0.39, 0.29) is 4.75 Å². The van der Waals surface area contributed by atoms with E-state index in [9.17, 15) is 0 Å². The highest BCUT2D eigenvalue weighted by molar-refractivity contribution is 7.82. The number of thiol groups is 1. The van der Waals surface area contributed by atoms with Crippen LogP contribution in [0.3, 0.4) is 0 Å². The zero-order valence-electron chi connectivity index (χ0n) is 23.3.